The molecule has 3 aliphatic rings. The molecule has 49 heavy (non-hydrogen) atoms. The van der Waals surface area contributed by atoms with Crippen molar-refractivity contribution < 1.29 is 33.8 Å². The Morgan fingerprint density at radius 3 is 2.55 bits per heavy atom. The van der Waals surface area contributed by atoms with Crippen LogP contribution in [0.4, 0.5) is 5.69 Å². The van der Waals surface area contributed by atoms with Crippen LogP contribution in [0, 0.1) is 18.8 Å². The molecule has 262 valence electrons. The van der Waals surface area contributed by atoms with Crippen molar-refractivity contribution in [3.05, 3.63) is 90.0 Å². The van der Waals surface area contributed by atoms with Gasteiger partial charge in [-0.3, -0.25) is 19.2 Å². The predicted octanol–water partition coefficient (Wildman–Crippen LogP) is 5.02. The molecule has 1 spiro atoms. The summed E-state index contributed by atoms with van der Waals surface area (Å²) >= 11 is 6.64. The number of carbonyl (C=O) groups is 4. The molecule has 0 aromatic heterocycles. The van der Waals surface area contributed by atoms with Crippen LogP contribution in [0.2, 0.25) is 5.02 Å². The monoisotopic (exact) mass is 691 g/mol. The first-order chi connectivity index (χ1) is 23.5. The third-order valence-corrected chi connectivity index (χ3v) is 10.6. The van der Waals surface area contributed by atoms with E-state index in [9.17, 15) is 24.3 Å². The maximum Gasteiger partial charge on any atom is 0.313 e. The van der Waals surface area contributed by atoms with Gasteiger partial charge in [0, 0.05) is 33.2 Å². The molecular weight excluding hydrogens is 646 g/mol. The third kappa shape index (κ3) is 6.66. The van der Waals surface area contributed by atoms with Crippen molar-refractivity contribution in [1.29, 1.82) is 0 Å². The van der Waals surface area contributed by atoms with Gasteiger partial charge < -0.3 is 29.3 Å². The summed E-state index contributed by atoms with van der Waals surface area (Å²) in [5.41, 5.74) is 0.710. The Labute approximate surface area is 293 Å². The van der Waals surface area contributed by atoms with Crippen LogP contribution in [-0.4, -0.2) is 89.1 Å². The number of aliphatic hydroxyl groups excluding tert-OH is 1. The Morgan fingerprint density at radius 2 is 1.90 bits per heavy atom. The van der Waals surface area contributed by atoms with E-state index in [1.165, 1.54) is 9.80 Å². The second-order valence-electron chi connectivity index (χ2n) is 13.1. The van der Waals surface area contributed by atoms with Crippen molar-refractivity contribution in [2.45, 2.75) is 75.8 Å². The smallest absolute Gasteiger partial charge is 0.313 e. The summed E-state index contributed by atoms with van der Waals surface area (Å²) in [5.74, 6) is -3.44. The molecule has 0 saturated carbocycles. The summed E-state index contributed by atoms with van der Waals surface area (Å²) in [4.78, 5) is 61.1. The molecule has 5 rings (SSSR count). The number of aryl methyl sites for hydroxylation is 1. The van der Waals surface area contributed by atoms with E-state index in [0.29, 0.717) is 35.5 Å². The molecule has 1 N–H and O–H groups in total. The number of amides is 3. The van der Waals surface area contributed by atoms with E-state index in [1.807, 2.05) is 50.2 Å². The van der Waals surface area contributed by atoms with Crippen LogP contribution in [-0.2, 0) is 28.7 Å². The number of esters is 1. The molecule has 3 heterocycles. The number of fused-ring (bicyclic) bond motifs is 1. The molecule has 2 aromatic rings. The Kier molecular flexibility index (Phi) is 11.3. The van der Waals surface area contributed by atoms with Crippen molar-refractivity contribution >= 4 is 41.0 Å². The summed E-state index contributed by atoms with van der Waals surface area (Å²) in [6, 6.07) is 13.0. The molecule has 3 saturated heterocycles. The zero-order valence-electron chi connectivity index (χ0n) is 28.4. The van der Waals surface area contributed by atoms with Gasteiger partial charge in [-0.25, -0.2) is 0 Å². The van der Waals surface area contributed by atoms with Gasteiger partial charge in [0.15, 0.2) is 0 Å². The summed E-state index contributed by atoms with van der Waals surface area (Å²) in [6.45, 7) is 11.3. The lowest BCUT2D eigenvalue weighted by atomic mass is 9.70. The number of anilines is 1. The van der Waals surface area contributed by atoms with Gasteiger partial charge in [0.1, 0.15) is 17.7 Å². The molecule has 3 amide bonds. The van der Waals surface area contributed by atoms with E-state index in [-0.39, 0.29) is 44.4 Å². The van der Waals surface area contributed by atoms with E-state index in [1.54, 1.807) is 36.2 Å². The standard InChI is InChI=1S/C38H46ClN3O7/c1-6-8-18-29(44)40(5)25(4)33(26-15-10-9-11-16-26)48-37(47)30-28-19-20-38(49-28)31(30)35(45)42(22-13-23-43)34(38)36(46)41(21-7-2)32-24(3)14-12-17-27(32)39/h6-7,9-12,14-17,25,28,30-31,33-34,43H,1-2,8,13,18-23H2,3-5H3/t25-,28+,30-,31-,33+,34+,38-/m1/s1. The summed E-state index contributed by atoms with van der Waals surface area (Å²) in [5, 5.41) is 10.1. The number of allylic oxidation sites excluding steroid dienone is 1. The topological polar surface area (TPSA) is 117 Å². The van der Waals surface area contributed by atoms with Crippen LogP contribution in [0.5, 0.6) is 0 Å². The van der Waals surface area contributed by atoms with Crippen molar-refractivity contribution in [3.8, 4) is 0 Å². The maximum absolute atomic E-state index is 14.8. The quantitative estimate of drug-likeness (QED) is 0.206. The third-order valence-electron chi connectivity index (χ3n) is 10.3. The molecule has 2 bridgehead atoms. The van der Waals surface area contributed by atoms with Crippen LogP contribution in [0.3, 0.4) is 0 Å². The highest BCUT2D eigenvalue weighted by atomic mass is 35.5. The Bertz CT molecular complexity index is 1560. The SMILES string of the molecule is C=CCCC(=O)N(C)[C@H](C)[C@H](OC(=O)[C@@H]1[C@@H]2CC[C@]3(O2)[C@H](C(=O)N(CC=C)c2c(C)cccc2Cl)N(CCCO)C(=O)[C@@H]13)c1ccccc1. The number of benzene rings is 2. The van der Waals surface area contributed by atoms with Gasteiger partial charge in [0.05, 0.1) is 34.7 Å². The molecule has 2 aromatic carbocycles. The van der Waals surface area contributed by atoms with Crippen molar-refractivity contribution in [2.24, 2.45) is 11.8 Å². The lowest BCUT2D eigenvalue weighted by Gasteiger charge is -2.37. The van der Waals surface area contributed by atoms with Crippen molar-refractivity contribution in [3.63, 3.8) is 0 Å². The van der Waals surface area contributed by atoms with Gasteiger partial charge in [-0.2, -0.15) is 0 Å². The molecule has 0 aliphatic carbocycles. The zero-order chi connectivity index (χ0) is 35.5. The van der Waals surface area contributed by atoms with Gasteiger partial charge >= 0.3 is 5.97 Å². The number of carbonyl (C=O) groups excluding carboxylic acids is 4. The number of ether oxygens (including phenoxy) is 2. The number of rotatable bonds is 15. The number of likely N-dealkylation sites (N-methyl/N-ethyl adjacent to an activating group) is 1. The molecule has 11 heteroatoms. The van der Waals surface area contributed by atoms with E-state index in [0.717, 1.165) is 5.56 Å². The fraction of sp³-hybridized carbons (Fsp3) is 0.474. The molecule has 7 atom stereocenters. The van der Waals surface area contributed by atoms with E-state index >= 15 is 0 Å². The van der Waals surface area contributed by atoms with E-state index in [2.05, 4.69) is 13.2 Å². The zero-order valence-corrected chi connectivity index (χ0v) is 29.2. The highest BCUT2D eigenvalue weighted by molar-refractivity contribution is 6.34. The predicted molar refractivity (Wildman–Crippen MR) is 187 cm³/mol. The van der Waals surface area contributed by atoms with Crippen LogP contribution >= 0.6 is 11.6 Å². The molecule has 0 unspecified atom stereocenters. The molecule has 3 fully saturated rings. The fourth-order valence-electron chi connectivity index (χ4n) is 7.84. The first-order valence-corrected chi connectivity index (χ1v) is 17.3. The van der Waals surface area contributed by atoms with Crippen LogP contribution < -0.4 is 4.90 Å². The average Bonchev–Trinajstić information content (AvgIpc) is 3.74. The number of aliphatic hydroxyl groups is 1. The first kappa shape index (κ1) is 36.3. The molecule has 3 aliphatic heterocycles. The Morgan fingerprint density at radius 1 is 1.16 bits per heavy atom. The lowest BCUT2D eigenvalue weighted by molar-refractivity contribution is -0.164. The largest absolute Gasteiger partial charge is 0.455 e. The second kappa shape index (κ2) is 15.3. The van der Waals surface area contributed by atoms with Gasteiger partial charge in [-0.15, -0.1) is 13.2 Å². The minimum Gasteiger partial charge on any atom is -0.455 e. The van der Waals surface area contributed by atoms with Crippen LogP contribution in [0.15, 0.2) is 73.8 Å². The number of hydrogen-bond acceptors (Lipinski definition) is 7. The summed E-state index contributed by atoms with van der Waals surface area (Å²) in [6.07, 6.45) is 3.70. The molecule has 0 radical (unpaired) electrons. The number of nitrogens with zero attached hydrogens (tertiary/aromatic N) is 3. The van der Waals surface area contributed by atoms with Crippen molar-refractivity contribution in [2.75, 3.05) is 31.6 Å². The van der Waals surface area contributed by atoms with Gasteiger partial charge in [0.2, 0.25) is 11.8 Å². The molecular formula is C38H46ClN3O7. The first-order valence-electron chi connectivity index (χ1n) is 16.9. The number of likely N-dealkylation sites (tertiary alicyclic amines) is 1. The van der Waals surface area contributed by atoms with Gasteiger partial charge in [-0.1, -0.05) is 66.2 Å². The highest BCUT2D eigenvalue weighted by Gasteiger charge is 2.75. The number of halogens is 1. The lowest BCUT2D eigenvalue weighted by Crippen LogP contribution is -2.56. The average molecular weight is 692 g/mol. The minimum atomic E-state index is -1.28. The summed E-state index contributed by atoms with van der Waals surface area (Å²) < 4.78 is 12.9. The minimum absolute atomic E-state index is 0.102. The molecule has 10 nitrogen and oxygen atoms in total. The normalized spacial score (nSPS) is 25.0. The summed E-state index contributed by atoms with van der Waals surface area (Å²) in [7, 11) is 1.68. The van der Waals surface area contributed by atoms with E-state index < -0.39 is 53.6 Å². The Hall–Kier alpha value is -3.99. The van der Waals surface area contributed by atoms with E-state index in [4.69, 9.17) is 21.1 Å². The Balaban J connectivity index is 1.50. The highest BCUT2D eigenvalue weighted by Crippen LogP contribution is 2.59. The van der Waals surface area contributed by atoms with Gasteiger partial charge in [-0.05, 0) is 56.7 Å². The maximum atomic E-state index is 14.8. The van der Waals surface area contributed by atoms with Crippen molar-refractivity contribution in [1.82, 2.24) is 9.80 Å². The number of para-hydroxylation sites is 1. The second-order valence-corrected chi connectivity index (χ2v) is 13.6. The fourth-order valence-corrected chi connectivity index (χ4v) is 8.16. The number of hydrogen-bond donors (Lipinski definition) is 1. The van der Waals surface area contributed by atoms with Crippen LogP contribution in [0.1, 0.15) is 56.3 Å². The van der Waals surface area contributed by atoms with Crippen LogP contribution in [0.25, 0.3) is 0 Å². The van der Waals surface area contributed by atoms with Gasteiger partial charge in [0.25, 0.3) is 5.91 Å².